The second kappa shape index (κ2) is 4.73. The molecule has 0 radical (unpaired) electrons. The molecule has 0 aromatic rings. The van der Waals surface area contributed by atoms with Crippen molar-refractivity contribution >= 4 is 15.7 Å². The van der Waals surface area contributed by atoms with Crippen LogP contribution in [-0.2, 0) is 14.6 Å². The van der Waals surface area contributed by atoms with E-state index in [2.05, 4.69) is 13.8 Å². The number of piperidine rings is 1. The number of sulfone groups is 1. The van der Waals surface area contributed by atoms with Gasteiger partial charge < -0.3 is 4.90 Å². The maximum atomic E-state index is 12.0. The van der Waals surface area contributed by atoms with Crippen molar-refractivity contribution in [3.8, 4) is 0 Å². The Balaban J connectivity index is 2.74. The molecule has 5 heteroatoms. The molecule has 1 heterocycles. The lowest BCUT2D eigenvalue weighted by atomic mass is 9.92. The van der Waals surface area contributed by atoms with E-state index in [9.17, 15) is 13.2 Å². The van der Waals surface area contributed by atoms with Gasteiger partial charge in [0.25, 0.3) is 0 Å². The summed E-state index contributed by atoms with van der Waals surface area (Å²) in [6.07, 6.45) is 2.23. The van der Waals surface area contributed by atoms with Gasteiger partial charge in [0.15, 0.2) is 9.84 Å². The van der Waals surface area contributed by atoms with Crippen LogP contribution in [0.1, 0.15) is 27.2 Å². The van der Waals surface area contributed by atoms with Gasteiger partial charge >= 0.3 is 0 Å². The highest BCUT2D eigenvalue weighted by atomic mass is 32.2. The van der Waals surface area contributed by atoms with Crippen molar-refractivity contribution in [2.45, 2.75) is 32.4 Å². The molecule has 1 fully saturated rings. The van der Waals surface area contributed by atoms with Gasteiger partial charge in [-0.15, -0.1) is 0 Å². The van der Waals surface area contributed by atoms with Gasteiger partial charge in [0, 0.05) is 19.3 Å². The summed E-state index contributed by atoms with van der Waals surface area (Å²) in [6.45, 7) is 7.04. The Kier molecular flexibility index (Phi) is 3.99. The van der Waals surface area contributed by atoms with Crippen LogP contribution >= 0.6 is 0 Å². The first kappa shape index (κ1) is 13.5. The summed E-state index contributed by atoms with van der Waals surface area (Å²) in [6, 6.07) is 0. The number of rotatable bonds is 2. The second-order valence-corrected chi connectivity index (χ2v) is 7.53. The van der Waals surface area contributed by atoms with Crippen LogP contribution in [-0.4, -0.2) is 43.8 Å². The smallest absolute Gasteiger partial charge is 0.240 e. The molecule has 16 heavy (non-hydrogen) atoms. The minimum atomic E-state index is -3.28. The second-order valence-electron chi connectivity index (χ2n) is 5.16. The summed E-state index contributed by atoms with van der Waals surface area (Å²) < 4.78 is 22.7. The van der Waals surface area contributed by atoms with Gasteiger partial charge in [0.1, 0.15) is 5.25 Å². The van der Waals surface area contributed by atoms with E-state index < -0.39 is 15.1 Å². The van der Waals surface area contributed by atoms with E-state index in [4.69, 9.17) is 0 Å². The topological polar surface area (TPSA) is 54.5 Å². The minimum absolute atomic E-state index is 0.249. The molecular formula is C11H21NO3S. The van der Waals surface area contributed by atoms with Gasteiger partial charge in [-0.2, -0.15) is 0 Å². The maximum Gasteiger partial charge on any atom is 0.240 e. The Morgan fingerprint density at radius 2 is 1.69 bits per heavy atom. The molecule has 1 rings (SSSR count). The van der Waals surface area contributed by atoms with Gasteiger partial charge in [-0.05, 0) is 25.2 Å². The molecule has 1 aliphatic heterocycles. The number of likely N-dealkylation sites (tertiary alicyclic amines) is 1. The Morgan fingerprint density at radius 1 is 1.25 bits per heavy atom. The standard InChI is InChI=1S/C11H21NO3S/c1-8-5-9(2)7-12(6-8)11(13)10(3)16(4,14)15/h8-10H,5-7H2,1-4H3/t8-,9-,10-/m1/s1. The Bertz CT molecular complexity index is 353. The highest BCUT2D eigenvalue weighted by molar-refractivity contribution is 7.92. The van der Waals surface area contributed by atoms with Crippen molar-refractivity contribution in [2.24, 2.45) is 11.8 Å². The van der Waals surface area contributed by atoms with Crippen LogP contribution in [0.3, 0.4) is 0 Å². The molecular weight excluding hydrogens is 226 g/mol. The van der Waals surface area contributed by atoms with Crippen molar-refractivity contribution in [3.05, 3.63) is 0 Å². The normalized spacial score (nSPS) is 28.9. The van der Waals surface area contributed by atoms with E-state index in [0.29, 0.717) is 24.9 Å². The average Bonchev–Trinajstić information content (AvgIpc) is 2.12. The Hall–Kier alpha value is -0.580. The molecule has 94 valence electrons. The molecule has 0 saturated carbocycles. The van der Waals surface area contributed by atoms with Crippen LogP contribution in [0.4, 0.5) is 0 Å². The summed E-state index contributed by atoms with van der Waals surface area (Å²) >= 11 is 0. The SMILES string of the molecule is C[C@@H]1C[C@@H](C)CN(C(=O)[C@@H](C)S(C)(=O)=O)C1. The van der Waals surface area contributed by atoms with E-state index >= 15 is 0 Å². The van der Waals surface area contributed by atoms with Crippen LogP contribution < -0.4 is 0 Å². The molecule has 1 aliphatic rings. The molecule has 0 N–H and O–H groups in total. The summed E-state index contributed by atoms with van der Waals surface area (Å²) in [4.78, 5) is 13.7. The van der Waals surface area contributed by atoms with Crippen LogP contribution in [0.15, 0.2) is 0 Å². The average molecular weight is 247 g/mol. The summed E-state index contributed by atoms with van der Waals surface area (Å²) in [5.41, 5.74) is 0. The van der Waals surface area contributed by atoms with Gasteiger partial charge in [0.05, 0.1) is 0 Å². The zero-order valence-electron chi connectivity index (χ0n) is 10.4. The van der Waals surface area contributed by atoms with Gasteiger partial charge in [0.2, 0.25) is 5.91 Å². The van der Waals surface area contributed by atoms with Crippen molar-refractivity contribution in [1.29, 1.82) is 0 Å². The lowest BCUT2D eigenvalue weighted by Gasteiger charge is -2.36. The van der Waals surface area contributed by atoms with Gasteiger partial charge in [-0.1, -0.05) is 13.8 Å². The highest BCUT2D eigenvalue weighted by Gasteiger charge is 2.32. The lowest BCUT2D eigenvalue weighted by molar-refractivity contribution is -0.133. The fourth-order valence-corrected chi connectivity index (χ4v) is 2.80. The zero-order chi connectivity index (χ0) is 12.5. The van der Waals surface area contributed by atoms with Gasteiger partial charge in [-0.3, -0.25) is 4.79 Å². The fraction of sp³-hybridized carbons (Fsp3) is 0.909. The predicted octanol–water partition coefficient (Wildman–Crippen LogP) is 0.924. The van der Waals surface area contributed by atoms with E-state index in [1.807, 2.05) is 0 Å². The van der Waals surface area contributed by atoms with Crippen LogP contribution in [0.25, 0.3) is 0 Å². The minimum Gasteiger partial charge on any atom is -0.341 e. The number of hydrogen-bond acceptors (Lipinski definition) is 3. The Morgan fingerprint density at radius 3 is 2.06 bits per heavy atom. The molecule has 0 aliphatic carbocycles. The first-order valence-corrected chi connectivity index (χ1v) is 7.65. The first-order valence-electron chi connectivity index (χ1n) is 5.69. The quantitative estimate of drug-likeness (QED) is 0.729. The van der Waals surface area contributed by atoms with Crippen molar-refractivity contribution in [1.82, 2.24) is 4.90 Å². The van der Waals surface area contributed by atoms with E-state index in [1.54, 1.807) is 4.90 Å². The fourth-order valence-electron chi connectivity index (χ4n) is 2.28. The number of hydrogen-bond donors (Lipinski definition) is 0. The molecule has 0 spiro atoms. The molecule has 0 bridgehead atoms. The van der Waals surface area contributed by atoms with Crippen molar-refractivity contribution in [2.75, 3.05) is 19.3 Å². The number of carbonyl (C=O) groups is 1. The third-order valence-corrected chi connectivity index (χ3v) is 4.66. The first-order chi connectivity index (χ1) is 7.21. The molecule has 0 aromatic carbocycles. The molecule has 0 unspecified atom stereocenters. The summed E-state index contributed by atoms with van der Waals surface area (Å²) in [5, 5.41) is -0.912. The summed E-state index contributed by atoms with van der Waals surface area (Å²) in [5.74, 6) is 0.667. The van der Waals surface area contributed by atoms with Gasteiger partial charge in [-0.25, -0.2) is 8.42 Å². The molecule has 4 nitrogen and oxygen atoms in total. The largest absolute Gasteiger partial charge is 0.341 e. The van der Waals surface area contributed by atoms with Crippen LogP contribution in [0, 0.1) is 11.8 Å². The summed E-state index contributed by atoms with van der Waals surface area (Å²) in [7, 11) is -3.28. The maximum absolute atomic E-state index is 12.0. The highest BCUT2D eigenvalue weighted by Crippen LogP contribution is 2.22. The lowest BCUT2D eigenvalue weighted by Crippen LogP contribution is -2.48. The van der Waals surface area contributed by atoms with Crippen molar-refractivity contribution in [3.63, 3.8) is 0 Å². The third-order valence-electron chi connectivity index (χ3n) is 3.17. The van der Waals surface area contributed by atoms with Crippen LogP contribution in [0.5, 0.6) is 0 Å². The zero-order valence-corrected chi connectivity index (χ0v) is 11.3. The number of amides is 1. The molecule has 1 saturated heterocycles. The number of nitrogens with zero attached hydrogens (tertiary/aromatic N) is 1. The van der Waals surface area contributed by atoms with Crippen LogP contribution in [0.2, 0.25) is 0 Å². The Labute approximate surface area is 97.9 Å². The van der Waals surface area contributed by atoms with E-state index in [1.165, 1.54) is 6.92 Å². The molecule has 3 atom stereocenters. The van der Waals surface area contributed by atoms with E-state index in [-0.39, 0.29) is 5.91 Å². The third kappa shape index (κ3) is 3.20. The predicted molar refractivity (Wildman–Crippen MR) is 63.8 cm³/mol. The number of carbonyl (C=O) groups excluding carboxylic acids is 1. The van der Waals surface area contributed by atoms with Crippen molar-refractivity contribution < 1.29 is 13.2 Å². The molecule has 1 amide bonds. The monoisotopic (exact) mass is 247 g/mol. The molecule has 0 aromatic heterocycles. The van der Waals surface area contributed by atoms with E-state index in [0.717, 1.165) is 12.7 Å².